The molecular formula is C18H17ClN2O2. The first-order chi connectivity index (χ1) is 11.2. The topological polar surface area (TPSA) is 44.1 Å². The number of aryl methyl sites for hydroxylation is 1. The highest BCUT2D eigenvalue weighted by Gasteiger charge is 2.13. The van der Waals surface area contributed by atoms with Gasteiger partial charge in [-0.25, -0.2) is 0 Å². The lowest BCUT2D eigenvalue weighted by molar-refractivity contribution is -0.143. The first-order valence-electron chi connectivity index (χ1n) is 7.56. The smallest absolute Gasteiger partial charge is 0.307 e. The molecule has 0 aliphatic carbocycles. The monoisotopic (exact) mass is 328 g/mol. The Morgan fingerprint density at radius 3 is 2.74 bits per heavy atom. The Balaban J connectivity index is 2.01. The maximum atomic E-state index is 11.6. The van der Waals surface area contributed by atoms with Crippen LogP contribution in [0.15, 0.2) is 48.5 Å². The van der Waals surface area contributed by atoms with E-state index in [1.807, 2.05) is 53.2 Å². The Bertz CT molecular complexity index is 828. The molecule has 0 spiro atoms. The zero-order valence-electron chi connectivity index (χ0n) is 12.8. The second-order valence-electron chi connectivity index (χ2n) is 5.15. The highest BCUT2D eigenvalue weighted by atomic mass is 35.5. The van der Waals surface area contributed by atoms with Crippen molar-refractivity contribution in [2.75, 3.05) is 6.61 Å². The molecule has 0 N–H and O–H groups in total. The number of fused-ring (bicyclic) bond motifs is 1. The van der Waals surface area contributed by atoms with E-state index in [2.05, 4.69) is 5.10 Å². The van der Waals surface area contributed by atoms with Crippen molar-refractivity contribution in [3.8, 4) is 11.3 Å². The van der Waals surface area contributed by atoms with Crippen LogP contribution in [0.2, 0.25) is 5.02 Å². The van der Waals surface area contributed by atoms with Crippen LogP contribution in [0.1, 0.15) is 13.3 Å². The maximum absolute atomic E-state index is 11.6. The quantitative estimate of drug-likeness (QED) is 0.655. The van der Waals surface area contributed by atoms with Crippen molar-refractivity contribution in [2.45, 2.75) is 19.9 Å². The minimum absolute atomic E-state index is 0.216. The summed E-state index contributed by atoms with van der Waals surface area (Å²) in [7, 11) is 0. The summed E-state index contributed by atoms with van der Waals surface area (Å²) >= 11 is 6.14. The molecule has 1 heterocycles. The number of ether oxygens (including phenoxy) is 1. The summed E-state index contributed by atoms with van der Waals surface area (Å²) in [6.45, 7) is 2.67. The van der Waals surface area contributed by atoms with Gasteiger partial charge in [0.15, 0.2) is 0 Å². The molecule has 0 fully saturated rings. The number of rotatable bonds is 5. The maximum Gasteiger partial charge on any atom is 0.307 e. The van der Waals surface area contributed by atoms with Gasteiger partial charge in [-0.2, -0.15) is 5.10 Å². The normalized spacial score (nSPS) is 10.9. The predicted octanol–water partition coefficient (Wildman–Crippen LogP) is 4.31. The van der Waals surface area contributed by atoms with Crippen molar-refractivity contribution in [1.29, 1.82) is 0 Å². The highest BCUT2D eigenvalue weighted by Crippen LogP contribution is 2.30. The van der Waals surface area contributed by atoms with Crippen molar-refractivity contribution < 1.29 is 9.53 Å². The largest absolute Gasteiger partial charge is 0.466 e. The molecule has 0 unspecified atom stereocenters. The molecule has 0 radical (unpaired) electrons. The summed E-state index contributed by atoms with van der Waals surface area (Å²) < 4.78 is 6.82. The van der Waals surface area contributed by atoms with E-state index >= 15 is 0 Å². The van der Waals surface area contributed by atoms with Crippen molar-refractivity contribution in [2.24, 2.45) is 0 Å². The Hall–Kier alpha value is -2.33. The van der Waals surface area contributed by atoms with Gasteiger partial charge in [-0.15, -0.1) is 0 Å². The summed E-state index contributed by atoms with van der Waals surface area (Å²) in [4.78, 5) is 11.6. The van der Waals surface area contributed by atoms with E-state index in [1.54, 1.807) is 6.92 Å². The van der Waals surface area contributed by atoms with Gasteiger partial charge in [-0.3, -0.25) is 9.48 Å². The van der Waals surface area contributed by atoms with Gasteiger partial charge in [0.25, 0.3) is 0 Å². The van der Waals surface area contributed by atoms with E-state index in [1.165, 1.54) is 0 Å². The molecule has 0 atom stereocenters. The van der Waals surface area contributed by atoms with Crippen molar-refractivity contribution in [3.05, 3.63) is 53.6 Å². The first-order valence-corrected chi connectivity index (χ1v) is 7.94. The second kappa shape index (κ2) is 6.84. The Kier molecular flexibility index (Phi) is 4.63. The van der Waals surface area contributed by atoms with Crippen molar-refractivity contribution in [3.63, 3.8) is 0 Å². The van der Waals surface area contributed by atoms with Crippen LogP contribution in [0.4, 0.5) is 0 Å². The Morgan fingerprint density at radius 2 is 2.00 bits per heavy atom. The SMILES string of the molecule is CCOC(=O)CCn1nc(-c2ccccc2)c2cc(Cl)ccc21. The molecule has 1 aromatic heterocycles. The zero-order valence-corrected chi connectivity index (χ0v) is 13.6. The third kappa shape index (κ3) is 3.37. The van der Waals surface area contributed by atoms with Crippen LogP contribution in [0.25, 0.3) is 22.2 Å². The van der Waals surface area contributed by atoms with Gasteiger partial charge in [0.05, 0.1) is 25.1 Å². The number of benzene rings is 2. The van der Waals surface area contributed by atoms with E-state index in [9.17, 15) is 4.79 Å². The molecule has 0 aliphatic rings. The fourth-order valence-corrected chi connectivity index (χ4v) is 2.73. The molecule has 2 aromatic carbocycles. The molecule has 5 heteroatoms. The van der Waals surface area contributed by atoms with Gasteiger partial charge in [-0.05, 0) is 25.1 Å². The summed E-state index contributed by atoms with van der Waals surface area (Å²) in [5.41, 5.74) is 2.85. The van der Waals surface area contributed by atoms with Gasteiger partial charge < -0.3 is 4.74 Å². The average molecular weight is 329 g/mol. The summed E-state index contributed by atoms with van der Waals surface area (Å²) in [6, 6.07) is 15.6. The molecule has 3 rings (SSSR count). The molecule has 0 aliphatic heterocycles. The molecule has 0 saturated carbocycles. The lowest BCUT2D eigenvalue weighted by Crippen LogP contribution is -2.09. The van der Waals surface area contributed by atoms with Gasteiger partial charge in [0, 0.05) is 16.0 Å². The molecule has 23 heavy (non-hydrogen) atoms. The number of esters is 1. The Morgan fingerprint density at radius 1 is 1.22 bits per heavy atom. The molecule has 118 valence electrons. The summed E-state index contributed by atoms with van der Waals surface area (Å²) in [5, 5.41) is 6.33. The number of carbonyl (C=O) groups is 1. The van der Waals surface area contributed by atoms with Gasteiger partial charge in [0.2, 0.25) is 0 Å². The van der Waals surface area contributed by atoms with Crippen LogP contribution in [-0.4, -0.2) is 22.4 Å². The van der Waals surface area contributed by atoms with Gasteiger partial charge >= 0.3 is 5.97 Å². The number of hydrogen-bond acceptors (Lipinski definition) is 3. The molecule has 0 saturated heterocycles. The van der Waals surface area contributed by atoms with Crippen LogP contribution in [0.5, 0.6) is 0 Å². The van der Waals surface area contributed by atoms with Crippen LogP contribution in [0.3, 0.4) is 0 Å². The van der Waals surface area contributed by atoms with Crippen LogP contribution >= 0.6 is 11.6 Å². The fraction of sp³-hybridized carbons (Fsp3) is 0.222. The second-order valence-corrected chi connectivity index (χ2v) is 5.59. The van der Waals surface area contributed by atoms with E-state index in [-0.39, 0.29) is 5.97 Å². The van der Waals surface area contributed by atoms with E-state index in [0.717, 1.165) is 22.2 Å². The molecule has 3 aromatic rings. The minimum atomic E-state index is -0.216. The first kappa shape index (κ1) is 15.6. The minimum Gasteiger partial charge on any atom is -0.466 e. The number of halogens is 1. The third-order valence-electron chi connectivity index (χ3n) is 3.59. The predicted molar refractivity (Wildman–Crippen MR) is 91.4 cm³/mol. The molecule has 0 bridgehead atoms. The molecule has 4 nitrogen and oxygen atoms in total. The Labute approximate surface area is 139 Å². The fourth-order valence-electron chi connectivity index (χ4n) is 2.56. The highest BCUT2D eigenvalue weighted by molar-refractivity contribution is 6.31. The van der Waals surface area contributed by atoms with E-state index < -0.39 is 0 Å². The summed E-state index contributed by atoms with van der Waals surface area (Å²) in [5.74, 6) is -0.216. The lowest BCUT2D eigenvalue weighted by atomic mass is 10.1. The van der Waals surface area contributed by atoms with Crippen LogP contribution < -0.4 is 0 Å². The third-order valence-corrected chi connectivity index (χ3v) is 3.83. The average Bonchev–Trinajstić information content (AvgIpc) is 2.92. The van der Waals surface area contributed by atoms with E-state index in [4.69, 9.17) is 16.3 Å². The van der Waals surface area contributed by atoms with Crippen LogP contribution in [-0.2, 0) is 16.1 Å². The van der Waals surface area contributed by atoms with Crippen molar-refractivity contribution in [1.82, 2.24) is 9.78 Å². The van der Waals surface area contributed by atoms with Crippen molar-refractivity contribution >= 4 is 28.5 Å². The van der Waals surface area contributed by atoms with Gasteiger partial charge in [-0.1, -0.05) is 41.9 Å². The lowest BCUT2D eigenvalue weighted by Gasteiger charge is -2.03. The summed E-state index contributed by atoms with van der Waals surface area (Å²) in [6.07, 6.45) is 0.293. The number of hydrogen-bond donors (Lipinski definition) is 0. The zero-order chi connectivity index (χ0) is 16.2. The number of nitrogens with zero attached hydrogens (tertiary/aromatic N) is 2. The molecule has 0 amide bonds. The number of aromatic nitrogens is 2. The number of carbonyl (C=O) groups excluding carboxylic acids is 1. The standard InChI is InChI=1S/C18H17ClN2O2/c1-2-23-17(22)10-11-21-16-9-8-14(19)12-15(16)18(20-21)13-6-4-3-5-7-13/h3-9,12H,2,10-11H2,1H3. The molecular weight excluding hydrogens is 312 g/mol. The van der Waals surface area contributed by atoms with Crippen LogP contribution in [0, 0.1) is 0 Å². The van der Waals surface area contributed by atoms with E-state index in [0.29, 0.717) is 24.6 Å². The van der Waals surface area contributed by atoms with Gasteiger partial charge in [0.1, 0.15) is 5.69 Å².